The van der Waals surface area contributed by atoms with Crippen LogP contribution in [0.1, 0.15) is 21.9 Å². The highest BCUT2D eigenvalue weighted by Crippen LogP contribution is 2.39. The van der Waals surface area contributed by atoms with Crippen LogP contribution in [0.3, 0.4) is 0 Å². The number of hydrogen-bond acceptors (Lipinski definition) is 3. The summed E-state index contributed by atoms with van der Waals surface area (Å²) >= 11 is 1.55. The molecule has 2 nitrogen and oxygen atoms in total. The Hall–Kier alpha value is -1.74. The quantitative estimate of drug-likeness (QED) is 0.619. The SMILES string of the molecule is COC(=O)[C@H](Sc1c(C)cccc1C)c1ccccc1. The average Bonchev–Trinajstić information content (AvgIpc) is 2.47. The van der Waals surface area contributed by atoms with Crippen LogP contribution < -0.4 is 0 Å². The maximum atomic E-state index is 12.1. The summed E-state index contributed by atoms with van der Waals surface area (Å²) < 4.78 is 4.96. The predicted molar refractivity (Wildman–Crippen MR) is 83.0 cm³/mol. The van der Waals surface area contributed by atoms with Gasteiger partial charge in [0.15, 0.2) is 0 Å². The molecule has 0 radical (unpaired) electrons. The highest BCUT2D eigenvalue weighted by atomic mass is 32.2. The molecule has 20 heavy (non-hydrogen) atoms. The van der Waals surface area contributed by atoms with Crippen molar-refractivity contribution in [2.45, 2.75) is 24.0 Å². The Kier molecular flexibility index (Phi) is 4.85. The molecule has 0 saturated heterocycles. The highest BCUT2D eigenvalue weighted by molar-refractivity contribution is 8.00. The van der Waals surface area contributed by atoms with Gasteiger partial charge in [0.2, 0.25) is 0 Å². The van der Waals surface area contributed by atoms with Gasteiger partial charge < -0.3 is 4.74 Å². The zero-order chi connectivity index (χ0) is 14.5. The number of benzene rings is 2. The molecule has 0 fully saturated rings. The summed E-state index contributed by atoms with van der Waals surface area (Å²) in [6.45, 7) is 4.13. The van der Waals surface area contributed by atoms with Crippen LogP contribution in [0.2, 0.25) is 0 Å². The Morgan fingerprint density at radius 2 is 1.60 bits per heavy atom. The Bertz CT molecular complexity index is 573. The monoisotopic (exact) mass is 286 g/mol. The van der Waals surface area contributed by atoms with Crippen molar-refractivity contribution in [2.24, 2.45) is 0 Å². The fourth-order valence-corrected chi connectivity index (χ4v) is 3.32. The Morgan fingerprint density at radius 1 is 1.00 bits per heavy atom. The number of rotatable bonds is 4. The number of carbonyl (C=O) groups is 1. The van der Waals surface area contributed by atoms with E-state index in [2.05, 4.69) is 26.0 Å². The van der Waals surface area contributed by atoms with Gasteiger partial charge >= 0.3 is 5.97 Å². The number of ether oxygens (including phenoxy) is 1. The van der Waals surface area contributed by atoms with Crippen LogP contribution in [0.4, 0.5) is 0 Å². The van der Waals surface area contributed by atoms with Crippen molar-refractivity contribution >= 4 is 17.7 Å². The smallest absolute Gasteiger partial charge is 0.323 e. The van der Waals surface area contributed by atoms with E-state index < -0.39 is 0 Å². The molecule has 2 aromatic rings. The van der Waals surface area contributed by atoms with Gasteiger partial charge in [-0.05, 0) is 30.5 Å². The lowest BCUT2D eigenvalue weighted by Crippen LogP contribution is -2.11. The minimum atomic E-state index is -0.332. The van der Waals surface area contributed by atoms with E-state index in [0.717, 1.165) is 10.5 Å². The van der Waals surface area contributed by atoms with E-state index >= 15 is 0 Å². The Balaban J connectivity index is 2.37. The van der Waals surface area contributed by atoms with Crippen LogP contribution in [0, 0.1) is 13.8 Å². The second kappa shape index (κ2) is 6.62. The zero-order valence-electron chi connectivity index (χ0n) is 11.9. The highest BCUT2D eigenvalue weighted by Gasteiger charge is 2.23. The molecule has 0 aliphatic carbocycles. The van der Waals surface area contributed by atoms with Gasteiger partial charge in [-0.2, -0.15) is 0 Å². The number of esters is 1. The third-order valence-electron chi connectivity index (χ3n) is 3.16. The molecule has 1 atom stereocenters. The number of methoxy groups -OCH3 is 1. The first-order valence-corrected chi connectivity index (χ1v) is 7.37. The molecule has 0 unspecified atom stereocenters. The van der Waals surface area contributed by atoms with Crippen molar-refractivity contribution in [2.75, 3.05) is 7.11 Å². The topological polar surface area (TPSA) is 26.3 Å². The van der Waals surface area contributed by atoms with Gasteiger partial charge in [0.05, 0.1) is 7.11 Å². The second-order valence-corrected chi connectivity index (χ2v) is 5.77. The standard InChI is InChI=1S/C17H18O2S/c1-12-8-7-9-13(2)15(12)20-16(17(18)19-3)14-10-5-4-6-11-14/h4-11,16H,1-3H3/t16-/m1/s1. The summed E-state index contributed by atoms with van der Waals surface area (Å²) in [5.41, 5.74) is 3.33. The number of thioether (sulfide) groups is 1. The molecule has 0 spiro atoms. The van der Waals surface area contributed by atoms with E-state index in [0.29, 0.717) is 0 Å². The molecule has 0 aliphatic heterocycles. The summed E-state index contributed by atoms with van der Waals surface area (Å²) in [4.78, 5) is 13.2. The number of hydrogen-bond donors (Lipinski definition) is 0. The van der Waals surface area contributed by atoms with E-state index in [4.69, 9.17) is 4.74 Å². The van der Waals surface area contributed by atoms with Crippen molar-refractivity contribution in [3.63, 3.8) is 0 Å². The predicted octanol–water partition coefficient (Wildman–Crippen LogP) is 4.31. The third-order valence-corrected chi connectivity index (χ3v) is 4.74. The van der Waals surface area contributed by atoms with E-state index in [9.17, 15) is 4.79 Å². The molecular weight excluding hydrogens is 268 g/mol. The normalized spacial score (nSPS) is 11.9. The van der Waals surface area contributed by atoms with Crippen LogP contribution in [0.5, 0.6) is 0 Å². The Morgan fingerprint density at radius 3 is 2.15 bits per heavy atom. The van der Waals surface area contributed by atoms with Gasteiger partial charge in [-0.25, -0.2) is 0 Å². The first-order valence-electron chi connectivity index (χ1n) is 6.49. The number of carbonyl (C=O) groups excluding carboxylic acids is 1. The Labute approximate surface area is 124 Å². The largest absolute Gasteiger partial charge is 0.468 e. The van der Waals surface area contributed by atoms with Gasteiger partial charge in [-0.15, -0.1) is 11.8 Å². The molecular formula is C17H18O2S. The maximum Gasteiger partial charge on any atom is 0.323 e. The van der Waals surface area contributed by atoms with E-state index in [1.807, 2.05) is 36.4 Å². The van der Waals surface area contributed by atoms with Gasteiger partial charge in [0.25, 0.3) is 0 Å². The molecule has 3 heteroatoms. The lowest BCUT2D eigenvalue weighted by molar-refractivity contribution is -0.140. The lowest BCUT2D eigenvalue weighted by atomic mass is 10.1. The summed E-state index contributed by atoms with van der Waals surface area (Å²) in [7, 11) is 1.43. The lowest BCUT2D eigenvalue weighted by Gasteiger charge is -2.17. The molecule has 0 amide bonds. The summed E-state index contributed by atoms with van der Waals surface area (Å²) in [5, 5.41) is -0.332. The molecule has 0 bridgehead atoms. The van der Waals surface area contributed by atoms with Crippen molar-refractivity contribution in [3.8, 4) is 0 Å². The van der Waals surface area contributed by atoms with Crippen LogP contribution in [0.15, 0.2) is 53.4 Å². The first-order chi connectivity index (χ1) is 9.63. The van der Waals surface area contributed by atoms with E-state index in [1.54, 1.807) is 11.8 Å². The molecule has 0 saturated carbocycles. The van der Waals surface area contributed by atoms with Gasteiger partial charge in [0, 0.05) is 4.90 Å². The van der Waals surface area contributed by atoms with E-state index in [1.165, 1.54) is 18.2 Å². The molecule has 0 aromatic heterocycles. The average molecular weight is 286 g/mol. The van der Waals surface area contributed by atoms with Crippen molar-refractivity contribution in [3.05, 3.63) is 65.2 Å². The fraction of sp³-hybridized carbons (Fsp3) is 0.235. The van der Waals surface area contributed by atoms with Gasteiger partial charge in [-0.3, -0.25) is 4.79 Å². The zero-order valence-corrected chi connectivity index (χ0v) is 12.7. The summed E-state index contributed by atoms with van der Waals surface area (Å²) in [6.07, 6.45) is 0. The van der Waals surface area contributed by atoms with E-state index in [-0.39, 0.29) is 11.2 Å². The first kappa shape index (κ1) is 14.7. The fourth-order valence-electron chi connectivity index (χ4n) is 2.09. The molecule has 0 aliphatic rings. The van der Waals surface area contributed by atoms with Gasteiger partial charge in [0.1, 0.15) is 5.25 Å². The maximum absolute atomic E-state index is 12.1. The molecule has 2 aromatic carbocycles. The van der Waals surface area contributed by atoms with Crippen molar-refractivity contribution in [1.82, 2.24) is 0 Å². The van der Waals surface area contributed by atoms with Crippen LogP contribution in [-0.2, 0) is 9.53 Å². The minimum Gasteiger partial charge on any atom is -0.468 e. The summed E-state index contributed by atoms with van der Waals surface area (Å²) in [6, 6.07) is 15.9. The molecule has 0 heterocycles. The summed E-state index contributed by atoms with van der Waals surface area (Å²) in [5.74, 6) is -0.219. The second-order valence-electron chi connectivity index (χ2n) is 4.65. The van der Waals surface area contributed by atoms with Crippen LogP contribution >= 0.6 is 11.8 Å². The third kappa shape index (κ3) is 3.23. The van der Waals surface area contributed by atoms with Crippen molar-refractivity contribution in [1.29, 1.82) is 0 Å². The molecule has 104 valence electrons. The molecule has 2 rings (SSSR count). The van der Waals surface area contributed by atoms with Crippen LogP contribution in [0.25, 0.3) is 0 Å². The van der Waals surface area contributed by atoms with Crippen molar-refractivity contribution < 1.29 is 9.53 Å². The molecule has 0 N–H and O–H groups in total. The van der Waals surface area contributed by atoms with Gasteiger partial charge in [-0.1, -0.05) is 48.5 Å². The van der Waals surface area contributed by atoms with Crippen LogP contribution in [-0.4, -0.2) is 13.1 Å². The minimum absolute atomic E-state index is 0.219. The number of aryl methyl sites for hydroxylation is 2.